The van der Waals surface area contributed by atoms with E-state index in [2.05, 4.69) is 36.2 Å². The highest BCUT2D eigenvalue weighted by atomic mass is 16.5. The highest BCUT2D eigenvalue weighted by Crippen LogP contribution is 2.38. The fourth-order valence-electron chi connectivity index (χ4n) is 3.90. The molecule has 1 aromatic rings. The molecule has 0 spiro atoms. The number of rotatable bonds is 2. The van der Waals surface area contributed by atoms with Crippen LogP contribution in [0.3, 0.4) is 0 Å². The summed E-state index contributed by atoms with van der Waals surface area (Å²) in [6, 6.07) is 5.75. The second-order valence-corrected chi connectivity index (χ2v) is 6.15. The zero-order chi connectivity index (χ0) is 14.1. The predicted octanol–water partition coefficient (Wildman–Crippen LogP) is 2.81. The molecule has 0 aliphatic carbocycles. The van der Waals surface area contributed by atoms with Crippen molar-refractivity contribution in [3.05, 3.63) is 28.8 Å². The fraction of sp³-hybridized carbons (Fsp3) is 0.647. The maximum absolute atomic E-state index is 5.45. The van der Waals surface area contributed by atoms with Gasteiger partial charge in [-0.3, -0.25) is 4.90 Å². The molecule has 0 saturated carbocycles. The normalized spacial score (nSPS) is 27.1. The maximum atomic E-state index is 5.45. The Balaban J connectivity index is 1.93. The molecule has 0 bridgehead atoms. The van der Waals surface area contributed by atoms with Crippen LogP contribution in [-0.4, -0.2) is 37.7 Å². The van der Waals surface area contributed by atoms with E-state index >= 15 is 0 Å². The molecule has 2 heterocycles. The van der Waals surface area contributed by atoms with Gasteiger partial charge in [0, 0.05) is 31.7 Å². The minimum absolute atomic E-state index is 0.598. The molecule has 2 aliphatic rings. The molecular weight excluding hydrogens is 248 g/mol. The summed E-state index contributed by atoms with van der Waals surface area (Å²) < 4.78 is 5.45. The average Bonchev–Trinajstić information content (AvgIpc) is 2.50. The summed E-state index contributed by atoms with van der Waals surface area (Å²) >= 11 is 0. The molecule has 2 aliphatic heterocycles. The number of piperidine rings is 1. The molecule has 3 rings (SSSR count). The minimum Gasteiger partial charge on any atom is -0.496 e. The third-order valence-corrected chi connectivity index (χ3v) is 5.17. The first kappa shape index (κ1) is 13.9. The number of nitrogens with zero attached hydrogens (tertiary/aromatic N) is 1. The zero-order valence-corrected chi connectivity index (χ0v) is 12.9. The van der Waals surface area contributed by atoms with Crippen LogP contribution in [-0.2, 0) is 0 Å². The average molecular weight is 274 g/mol. The maximum Gasteiger partial charge on any atom is 0.122 e. The molecule has 0 aromatic heterocycles. The van der Waals surface area contributed by atoms with Gasteiger partial charge in [0.1, 0.15) is 5.75 Å². The first-order valence-electron chi connectivity index (χ1n) is 7.83. The van der Waals surface area contributed by atoms with Crippen LogP contribution < -0.4 is 10.1 Å². The first-order valence-corrected chi connectivity index (χ1v) is 7.83. The molecule has 20 heavy (non-hydrogen) atoms. The van der Waals surface area contributed by atoms with Crippen LogP contribution in [0.5, 0.6) is 5.75 Å². The van der Waals surface area contributed by atoms with E-state index in [1.54, 1.807) is 7.11 Å². The number of ether oxygens (including phenoxy) is 1. The molecule has 0 radical (unpaired) electrons. The molecule has 3 nitrogen and oxygen atoms in total. The number of methoxy groups -OCH3 is 1. The molecular formula is C17H26N2O. The van der Waals surface area contributed by atoms with Crippen molar-refractivity contribution < 1.29 is 4.74 Å². The van der Waals surface area contributed by atoms with Crippen molar-refractivity contribution in [1.82, 2.24) is 10.2 Å². The number of hydrogen-bond acceptors (Lipinski definition) is 3. The van der Waals surface area contributed by atoms with Crippen LogP contribution in [0.2, 0.25) is 0 Å². The number of fused-ring (bicyclic) bond motifs is 1. The van der Waals surface area contributed by atoms with Crippen molar-refractivity contribution in [3.8, 4) is 5.75 Å². The second kappa shape index (κ2) is 5.74. The molecule has 2 saturated heterocycles. The SMILES string of the molecule is COc1ccc(C2CCCC3CNCCN32)c(C)c1C. The number of benzene rings is 1. The summed E-state index contributed by atoms with van der Waals surface area (Å²) in [5, 5.41) is 3.54. The Morgan fingerprint density at radius 2 is 2.05 bits per heavy atom. The van der Waals surface area contributed by atoms with Gasteiger partial charge in [-0.1, -0.05) is 6.07 Å². The highest BCUT2D eigenvalue weighted by Gasteiger charge is 2.33. The van der Waals surface area contributed by atoms with Gasteiger partial charge in [0.2, 0.25) is 0 Å². The highest BCUT2D eigenvalue weighted by molar-refractivity contribution is 5.45. The third-order valence-electron chi connectivity index (χ3n) is 5.17. The summed E-state index contributed by atoms with van der Waals surface area (Å²) in [4.78, 5) is 2.73. The molecule has 110 valence electrons. The molecule has 3 heteroatoms. The monoisotopic (exact) mass is 274 g/mol. The fourth-order valence-corrected chi connectivity index (χ4v) is 3.90. The van der Waals surface area contributed by atoms with Gasteiger partial charge in [0.15, 0.2) is 0 Å². The third kappa shape index (κ3) is 2.33. The van der Waals surface area contributed by atoms with E-state index in [1.165, 1.54) is 42.5 Å². The Morgan fingerprint density at radius 3 is 2.85 bits per heavy atom. The van der Waals surface area contributed by atoms with Crippen molar-refractivity contribution in [2.75, 3.05) is 26.7 Å². The lowest BCUT2D eigenvalue weighted by Gasteiger charge is -2.46. The van der Waals surface area contributed by atoms with Crippen LogP contribution >= 0.6 is 0 Å². The number of nitrogens with one attached hydrogen (secondary N) is 1. The van der Waals surface area contributed by atoms with Crippen molar-refractivity contribution in [2.45, 2.75) is 45.2 Å². The molecule has 2 fully saturated rings. The lowest BCUT2D eigenvalue weighted by atomic mass is 9.86. The predicted molar refractivity (Wildman–Crippen MR) is 82.4 cm³/mol. The first-order chi connectivity index (χ1) is 9.72. The zero-order valence-electron chi connectivity index (χ0n) is 12.9. The Hall–Kier alpha value is -1.06. The smallest absolute Gasteiger partial charge is 0.122 e. The standard InChI is InChI=1S/C17H26N2O/c1-12-13(2)17(20-3)8-7-15(12)16-6-4-5-14-11-18-9-10-19(14)16/h7-8,14,16,18H,4-6,9-11H2,1-3H3. The molecule has 1 N–H and O–H groups in total. The van der Waals surface area contributed by atoms with E-state index < -0.39 is 0 Å². The Labute approximate surface area is 122 Å². The number of hydrogen-bond donors (Lipinski definition) is 1. The Morgan fingerprint density at radius 1 is 1.20 bits per heavy atom. The van der Waals surface area contributed by atoms with Gasteiger partial charge in [0.25, 0.3) is 0 Å². The van der Waals surface area contributed by atoms with Crippen molar-refractivity contribution >= 4 is 0 Å². The van der Waals surface area contributed by atoms with Crippen LogP contribution in [0, 0.1) is 13.8 Å². The van der Waals surface area contributed by atoms with Gasteiger partial charge in [-0.25, -0.2) is 0 Å². The van der Waals surface area contributed by atoms with Gasteiger partial charge >= 0.3 is 0 Å². The Bertz CT molecular complexity index is 484. The van der Waals surface area contributed by atoms with Crippen molar-refractivity contribution in [2.24, 2.45) is 0 Å². The minimum atomic E-state index is 0.598. The van der Waals surface area contributed by atoms with E-state index in [1.807, 2.05) is 0 Å². The van der Waals surface area contributed by atoms with Crippen LogP contribution in [0.25, 0.3) is 0 Å². The topological polar surface area (TPSA) is 24.5 Å². The molecule has 2 unspecified atom stereocenters. The summed E-state index contributed by atoms with van der Waals surface area (Å²) in [5.41, 5.74) is 4.21. The quantitative estimate of drug-likeness (QED) is 0.897. The number of piperazine rings is 1. The van der Waals surface area contributed by atoms with E-state index in [4.69, 9.17) is 4.74 Å². The van der Waals surface area contributed by atoms with Crippen LogP contribution in [0.1, 0.15) is 42.0 Å². The van der Waals surface area contributed by atoms with Crippen molar-refractivity contribution in [1.29, 1.82) is 0 Å². The van der Waals surface area contributed by atoms with Gasteiger partial charge in [-0.15, -0.1) is 0 Å². The van der Waals surface area contributed by atoms with E-state index in [0.29, 0.717) is 6.04 Å². The van der Waals surface area contributed by atoms with Gasteiger partial charge < -0.3 is 10.1 Å². The lowest BCUT2D eigenvalue weighted by Crippen LogP contribution is -2.54. The van der Waals surface area contributed by atoms with Crippen LogP contribution in [0.15, 0.2) is 12.1 Å². The van der Waals surface area contributed by atoms with Gasteiger partial charge in [0.05, 0.1) is 7.11 Å². The molecule has 0 amide bonds. The van der Waals surface area contributed by atoms with E-state index in [0.717, 1.165) is 24.9 Å². The van der Waals surface area contributed by atoms with Crippen molar-refractivity contribution in [3.63, 3.8) is 0 Å². The van der Waals surface area contributed by atoms with Gasteiger partial charge in [-0.05, 0) is 55.9 Å². The summed E-state index contributed by atoms with van der Waals surface area (Å²) in [6.45, 7) is 7.89. The summed E-state index contributed by atoms with van der Waals surface area (Å²) in [5.74, 6) is 1.01. The molecule has 1 aromatic carbocycles. The van der Waals surface area contributed by atoms with E-state index in [9.17, 15) is 0 Å². The van der Waals surface area contributed by atoms with Crippen LogP contribution in [0.4, 0.5) is 0 Å². The summed E-state index contributed by atoms with van der Waals surface area (Å²) in [7, 11) is 1.76. The Kier molecular flexibility index (Phi) is 3.99. The van der Waals surface area contributed by atoms with E-state index in [-0.39, 0.29) is 0 Å². The lowest BCUT2D eigenvalue weighted by molar-refractivity contribution is 0.0615. The molecule has 2 atom stereocenters. The summed E-state index contributed by atoms with van der Waals surface area (Å²) in [6.07, 6.45) is 3.98. The second-order valence-electron chi connectivity index (χ2n) is 6.15. The van der Waals surface area contributed by atoms with Gasteiger partial charge in [-0.2, -0.15) is 0 Å². The largest absolute Gasteiger partial charge is 0.496 e.